The molecule has 0 radical (unpaired) electrons. The van der Waals surface area contributed by atoms with Gasteiger partial charge < -0.3 is 0 Å². The molecular weight excluding hydrogens is 236 g/mol. The van der Waals surface area contributed by atoms with Crippen molar-refractivity contribution >= 4 is 30.7 Å². The zero-order valence-corrected chi connectivity index (χ0v) is 10.2. The van der Waals surface area contributed by atoms with Crippen LogP contribution in [0.1, 0.15) is 11.5 Å². The van der Waals surface area contributed by atoms with E-state index in [0.29, 0.717) is 11.2 Å². The molecule has 80 valence electrons. The minimum absolute atomic E-state index is 0.331. The highest BCUT2D eigenvalue weighted by Gasteiger charge is 2.32. The van der Waals surface area contributed by atoms with Crippen LogP contribution < -0.4 is 0 Å². The van der Waals surface area contributed by atoms with Gasteiger partial charge in [0.25, 0.3) is 0 Å². The van der Waals surface area contributed by atoms with Gasteiger partial charge in [-0.1, -0.05) is 18.2 Å². The fourth-order valence-electron chi connectivity index (χ4n) is 2.19. The minimum Gasteiger partial charge on any atom is -0.298 e. The van der Waals surface area contributed by atoms with E-state index in [2.05, 4.69) is 36.9 Å². The van der Waals surface area contributed by atoms with Crippen LogP contribution in [-0.2, 0) is 4.79 Å². The molecular formula is C13H10OS2. The quantitative estimate of drug-likeness (QED) is 0.605. The molecule has 1 aromatic carbocycles. The van der Waals surface area contributed by atoms with Crippen molar-refractivity contribution in [3.8, 4) is 0 Å². The molecule has 2 atom stereocenters. The molecule has 0 bridgehead atoms. The first-order chi connectivity index (χ1) is 7.78. The Morgan fingerprint density at radius 2 is 2.25 bits per heavy atom. The number of benzene rings is 1. The Balaban J connectivity index is 2.09. The van der Waals surface area contributed by atoms with Crippen molar-refractivity contribution in [3.05, 3.63) is 47.6 Å². The summed E-state index contributed by atoms with van der Waals surface area (Å²) in [4.78, 5) is 13.1. The molecule has 0 aromatic heterocycles. The standard InChI is InChI=1S/C13H10OS2/c14-7-8-1-3-12-10(5-8)11-6-9(15)2-4-13(11)16-12/h1-7,10,12,15H. The Morgan fingerprint density at radius 3 is 3.06 bits per heavy atom. The molecule has 1 aromatic rings. The SMILES string of the molecule is O=CC1=CC2c3cc(S)ccc3SC2C=C1. The van der Waals surface area contributed by atoms with E-state index >= 15 is 0 Å². The summed E-state index contributed by atoms with van der Waals surface area (Å²) < 4.78 is 0. The molecule has 1 nitrogen and oxygen atoms in total. The Hall–Kier alpha value is -0.930. The van der Waals surface area contributed by atoms with E-state index in [1.807, 2.05) is 23.9 Å². The third kappa shape index (κ3) is 1.55. The highest BCUT2D eigenvalue weighted by molar-refractivity contribution is 8.00. The van der Waals surface area contributed by atoms with E-state index in [4.69, 9.17) is 0 Å². The van der Waals surface area contributed by atoms with E-state index < -0.39 is 0 Å². The summed E-state index contributed by atoms with van der Waals surface area (Å²) in [6.45, 7) is 0. The largest absolute Gasteiger partial charge is 0.298 e. The molecule has 2 unspecified atom stereocenters. The maximum absolute atomic E-state index is 10.8. The van der Waals surface area contributed by atoms with Gasteiger partial charge in [-0.3, -0.25) is 4.79 Å². The number of hydrogen-bond donors (Lipinski definition) is 1. The number of carbonyl (C=O) groups excluding carboxylic acids is 1. The second kappa shape index (κ2) is 3.82. The van der Waals surface area contributed by atoms with Crippen molar-refractivity contribution in [3.63, 3.8) is 0 Å². The molecule has 3 rings (SSSR count). The van der Waals surface area contributed by atoms with Crippen LogP contribution in [0.25, 0.3) is 0 Å². The Bertz CT molecular complexity index is 517. The lowest BCUT2D eigenvalue weighted by Crippen LogP contribution is -2.09. The molecule has 0 N–H and O–H groups in total. The van der Waals surface area contributed by atoms with Gasteiger partial charge >= 0.3 is 0 Å². The van der Waals surface area contributed by atoms with Gasteiger partial charge in [0.2, 0.25) is 0 Å². The molecule has 0 saturated carbocycles. The summed E-state index contributed by atoms with van der Waals surface area (Å²) in [5.74, 6) is 0.331. The maximum Gasteiger partial charge on any atom is 0.149 e. The smallest absolute Gasteiger partial charge is 0.149 e. The number of thiol groups is 1. The normalized spacial score (nSPS) is 25.9. The Labute approximate surface area is 104 Å². The van der Waals surface area contributed by atoms with Gasteiger partial charge in [0.1, 0.15) is 6.29 Å². The van der Waals surface area contributed by atoms with E-state index in [-0.39, 0.29) is 0 Å². The summed E-state index contributed by atoms with van der Waals surface area (Å²) in [5, 5.41) is 0.439. The van der Waals surface area contributed by atoms with Crippen LogP contribution >= 0.6 is 24.4 Å². The molecule has 0 saturated heterocycles. The van der Waals surface area contributed by atoms with Crippen LogP contribution in [0.5, 0.6) is 0 Å². The van der Waals surface area contributed by atoms with E-state index in [0.717, 1.165) is 16.8 Å². The van der Waals surface area contributed by atoms with E-state index in [9.17, 15) is 4.79 Å². The van der Waals surface area contributed by atoms with Crippen molar-refractivity contribution in [2.45, 2.75) is 21.0 Å². The minimum atomic E-state index is 0.331. The lowest BCUT2D eigenvalue weighted by molar-refractivity contribution is -0.104. The third-order valence-corrected chi connectivity index (χ3v) is 4.58. The zero-order valence-electron chi connectivity index (χ0n) is 8.46. The van der Waals surface area contributed by atoms with Gasteiger partial charge in [-0.25, -0.2) is 0 Å². The second-order valence-corrected chi connectivity index (χ2v) is 5.71. The van der Waals surface area contributed by atoms with Crippen molar-refractivity contribution in [1.82, 2.24) is 0 Å². The molecule has 0 spiro atoms. The van der Waals surface area contributed by atoms with Crippen molar-refractivity contribution in [2.24, 2.45) is 0 Å². The lowest BCUT2D eigenvalue weighted by atomic mass is 9.90. The number of carbonyl (C=O) groups is 1. The zero-order chi connectivity index (χ0) is 11.1. The number of thioether (sulfide) groups is 1. The molecule has 16 heavy (non-hydrogen) atoms. The average Bonchev–Trinajstić information content (AvgIpc) is 2.66. The summed E-state index contributed by atoms with van der Waals surface area (Å²) in [6.07, 6.45) is 7.01. The van der Waals surface area contributed by atoms with E-state index in [1.54, 1.807) is 0 Å². The van der Waals surface area contributed by atoms with Crippen LogP contribution in [0.3, 0.4) is 0 Å². The molecule has 3 heteroatoms. The Morgan fingerprint density at radius 1 is 1.38 bits per heavy atom. The predicted molar refractivity (Wildman–Crippen MR) is 69.4 cm³/mol. The molecule has 2 aliphatic rings. The van der Waals surface area contributed by atoms with Crippen molar-refractivity contribution in [1.29, 1.82) is 0 Å². The molecule has 0 fully saturated rings. The highest BCUT2D eigenvalue weighted by Crippen LogP contribution is 2.49. The maximum atomic E-state index is 10.8. The van der Waals surface area contributed by atoms with Crippen LogP contribution in [0.15, 0.2) is 51.8 Å². The number of allylic oxidation sites excluding steroid dienone is 3. The van der Waals surface area contributed by atoms with Gasteiger partial charge in [0.05, 0.1) is 0 Å². The van der Waals surface area contributed by atoms with Crippen LogP contribution in [0, 0.1) is 0 Å². The number of hydrogen-bond acceptors (Lipinski definition) is 3. The molecule has 0 amide bonds. The number of aldehydes is 1. The molecule has 1 aliphatic carbocycles. The summed E-state index contributed by atoms with van der Waals surface area (Å²) in [6, 6.07) is 6.23. The monoisotopic (exact) mass is 246 g/mol. The molecule has 1 heterocycles. The fraction of sp³-hybridized carbons (Fsp3) is 0.154. The number of rotatable bonds is 1. The number of fused-ring (bicyclic) bond motifs is 3. The van der Waals surface area contributed by atoms with E-state index in [1.165, 1.54) is 10.5 Å². The molecule has 1 aliphatic heterocycles. The van der Waals surface area contributed by atoms with Crippen molar-refractivity contribution < 1.29 is 4.79 Å². The first-order valence-corrected chi connectivity index (χ1v) is 6.45. The summed E-state index contributed by atoms with van der Waals surface area (Å²) >= 11 is 6.23. The van der Waals surface area contributed by atoms with Gasteiger partial charge in [0, 0.05) is 26.5 Å². The predicted octanol–water partition coefficient (Wildman–Crippen LogP) is 3.23. The summed E-state index contributed by atoms with van der Waals surface area (Å²) in [7, 11) is 0. The first kappa shape index (κ1) is 10.2. The topological polar surface area (TPSA) is 17.1 Å². The third-order valence-electron chi connectivity index (χ3n) is 2.96. The van der Waals surface area contributed by atoms with Crippen LogP contribution in [-0.4, -0.2) is 11.5 Å². The van der Waals surface area contributed by atoms with Gasteiger partial charge in [0.15, 0.2) is 0 Å². The Kier molecular flexibility index (Phi) is 2.45. The van der Waals surface area contributed by atoms with Crippen LogP contribution in [0.2, 0.25) is 0 Å². The van der Waals surface area contributed by atoms with Gasteiger partial charge in [-0.15, -0.1) is 24.4 Å². The van der Waals surface area contributed by atoms with Gasteiger partial charge in [-0.2, -0.15) is 0 Å². The summed E-state index contributed by atoms with van der Waals surface area (Å²) in [5.41, 5.74) is 2.07. The average molecular weight is 246 g/mol. The highest BCUT2D eigenvalue weighted by atomic mass is 32.2. The first-order valence-electron chi connectivity index (χ1n) is 5.13. The van der Waals surface area contributed by atoms with Crippen molar-refractivity contribution in [2.75, 3.05) is 0 Å². The van der Waals surface area contributed by atoms with Crippen LogP contribution in [0.4, 0.5) is 0 Å². The second-order valence-electron chi connectivity index (χ2n) is 3.97. The lowest BCUT2D eigenvalue weighted by Gasteiger charge is -2.16. The van der Waals surface area contributed by atoms with Gasteiger partial charge in [-0.05, 0) is 23.8 Å². The fourth-order valence-corrected chi connectivity index (χ4v) is 3.71.